The third kappa shape index (κ3) is 3.39. The molecule has 6 heteroatoms. The number of pyridine rings is 1. The number of rotatable bonds is 5. The van der Waals surface area contributed by atoms with Crippen LogP contribution in [0.15, 0.2) is 34.9 Å². The Hall–Kier alpha value is -2.34. The molecule has 1 fully saturated rings. The van der Waals surface area contributed by atoms with Gasteiger partial charge in [0.25, 0.3) is 0 Å². The van der Waals surface area contributed by atoms with E-state index in [1.807, 2.05) is 37.4 Å². The van der Waals surface area contributed by atoms with Crippen molar-refractivity contribution in [3.63, 3.8) is 0 Å². The van der Waals surface area contributed by atoms with E-state index in [-0.39, 0.29) is 0 Å². The lowest BCUT2D eigenvalue weighted by Gasteiger charge is -2.31. The summed E-state index contributed by atoms with van der Waals surface area (Å²) in [7, 11) is 0. The second-order valence-corrected chi connectivity index (χ2v) is 6.73. The fourth-order valence-corrected chi connectivity index (χ4v) is 3.52. The summed E-state index contributed by atoms with van der Waals surface area (Å²) in [5.41, 5.74) is 1.81. The predicted octanol–water partition coefficient (Wildman–Crippen LogP) is 3.28. The van der Waals surface area contributed by atoms with Crippen LogP contribution in [0.25, 0.3) is 11.2 Å². The molecule has 0 aromatic carbocycles. The molecule has 0 aliphatic carbocycles. The van der Waals surface area contributed by atoms with Gasteiger partial charge in [-0.15, -0.1) is 0 Å². The van der Waals surface area contributed by atoms with Crippen LogP contribution in [0, 0.1) is 6.92 Å². The monoisotopic (exact) mass is 339 g/mol. The van der Waals surface area contributed by atoms with Crippen LogP contribution < -0.4 is 5.32 Å². The maximum Gasteiger partial charge on any atom is 0.205 e. The van der Waals surface area contributed by atoms with E-state index >= 15 is 0 Å². The van der Waals surface area contributed by atoms with Crippen molar-refractivity contribution in [2.75, 3.05) is 25.0 Å². The highest BCUT2D eigenvalue weighted by Crippen LogP contribution is 2.23. The van der Waals surface area contributed by atoms with Crippen LogP contribution in [0.4, 0.5) is 5.95 Å². The Morgan fingerprint density at radius 2 is 2.08 bits per heavy atom. The number of hydrogen-bond donors (Lipinski definition) is 1. The van der Waals surface area contributed by atoms with Crippen molar-refractivity contribution in [1.82, 2.24) is 19.4 Å². The summed E-state index contributed by atoms with van der Waals surface area (Å²) in [6.45, 7) is 8.25. The number of likely N-dealkylation sites (tertiary alicyclic amines) is 1. The van der Waals surface area contributed by atoms with Crippen molar-refractivity contribution in [3.8, 4) is 0 Å². The average Bonchev–Trinajstić information content (AvgIpc) is 3.20. The second kappa shape index (κ2) is 6.88. The van der Waals surface area contributed by atoms with E-state index in [0.717, 1.165) is 61.1 Å². The molecule has 0 atom stereocenters. The molecular formula is C19H25N5O. The topological polar surface area (TPSA) is 59.1 Å². The molecule has 1 saturated heterocycles. The Morgan fingerprint density at radius 3 is 2.80 bits per heavy atom. The summed E-state index contributed by atoms with van der Waals surface area (Å²) in [6, 6.07) is 8.41. The fourth-order valence-electron chi connectivity index (χ4n) is 3.52. The van der Waals surface area contributed by atoms with Crippen LogP contribution in [0.2, 0.25) is 0 Å². The minimum Gasteiger partial charge on any atom is -0.464 e. The number of hydrogen-bond acceptors (Lipinski definition) is 5. The van der Waals surface area contributed by atoms with Gasteiger partial charge in [0, 0.05) is 25.3 Å². The number of fused-ring (bicyclic) bond motifs is 1. The van der Waals surface area contributed by atoms with Gasteiger partial charge < -0.3 is 14.6 Å². The zero-order valence-electron chi connectivity index (χ0n) is 14.9. The zero-order chi connectivity index (χ0) is 17.2. The van der Waals surface area contributed by atoms with Crippen molar-refractivity contribution >= 4 is 17.1 Å². The predicted molar refractivity (Wildman–Crippen MR) is 98.8 cm³/mol. The van der Waals surface area contributed by atoms with E-state index < -0.39 is 0 Å². The summed E-state index contributed by atoms with van der Waals surface area (Å²) in [6.07, 6.45) is 4.10. The van der Waals surface area contributed by atoms with Crippen LogP contribution in [0.3, 0.4) is 0 Å². The summed E-state index contributed by atoms with van der Waals surface area (Å²) < 4.78 is 7.89. The zero-order valence-corrected chi connectivity index (χ0v) is 14.9. The van der Waals surface area contributed by atoms with Gasteiger partial charge in [-0.25, -0.2) is 9.97 Å². The van der Waals surface area contributed by atoms with Crippen molar-refractivity contribution in [3.05, 3.63) is 42.0 Å². The lowest BCUT2D eigenvalue weighted by molar-refractivity contribution is 0.229. The molecule has 132 valence electrons. The molecule has 1 N–H and O–H groups in total. The summed E-state index contributed by atoms with van der Waals surface area (Å²) in [4.78, 5) is 11.8. The molecule has 25 heavy (non-hydrogen) atoms. The van der Waals surface area contributed by atoms with Crippen molar-refractivity contribution in [2.24, 2.45) is 0 Å². The van der Waals surface area contributed by atoms with Crippen LogP contribution in [0.1, 0.15) is 31.3 Å². The normalized spacial score (nSPS) is 16.6. The molecule has 0 spiro atoms. The Bertz CT molecular complexity index is 844. The van der Waals surface area contributed by atoms with Gasteiger partial charge in [-0.2, -0.15) is 0 Å². The Kier molecular flexibility index (Phi) is 4.44. The molecule has 0 saturated carbocycles. The van der Waals surface area contributed by atoms with Crippen molar-refractivity contribution < 1.29 is 4.42 Å². The van der Waals surface area contributed by atoms with E-state index in [9.17, 15) is 0 Å². The van der Waals surface area contributed by atoms with Crippen molar-refractivity contribution in [1.29, 1.82) is 0 Å². The number of aromatic nitrogens is 3. The molecule has 4 rings (SSSR count). The van der Waals surface area contributed by atoms with Gasteiger partial charge in [-0.1, -0.05) is 6.92 Å². The first kappa shape index (κ1) is 16.1. The highest BCUT2D eigenvalue weighted by Gasteiger charge is 2.21. The number of nitrogens with one attached hydrogen (secondary N) is 1. The van der Waals surface area contributed by atoms with Gasteiger partial charge in [0.05, 0.1) is 6.54 Å². The van der Waals surface area contributed by atoms with Crippen LogP contribution >= 0.6 is 0 Å². The first-order chi connectivity index (χ1) is 12.2. The molecule has 1 aliphatic heterocycles. The molecule has 4 heterocycles. The third-order valence-electron chi connectivity index (χ3n) is 4.98. The second-order valence-electron chi connectivity index (χ2n) is 6.73. The van der Waals surface area contributed by atoms with Crippen LogP contribution in [-0.4, -0.2) is 45.1 Å². The summed E-state index contributed by atoms with van der Waals surface area (Å²) in [5, 5.41) is 3.65. The van der Waals surface area contributed by atoms with Crippen LogP contribution in [0.5, 0.6) is 0 Å². The Balaban J connectivity index is 1.60. The SMILES string of the molecule is CCN1CCC(Nc2nc3cccnc3n2Cc2ccc(C)o2)CC1. The number of piperidine rings is 1. The van der Waals surface area contributed by atoms with Gasteiger partial charge in [-0.05, 0) is 50.6 Å². The highest BCUT2D eigenvalue weighted by molar-refractivity contribution is 5.74. The molecule has 3 aromatic heterocycles. The molecule has 0 radical (unpaired) electrons. The fraction of sp³-hybridized carbons (Fsp3) is 0.474. The van der Waals surface area contributed by atoms with Gasteiger partial charge >= 0.3 is 0 Å². The Morgan fingerprint density at radius 1 is 1.24 bits per heavy atom. The minimum absolute atomic E-state index is 0.455. The number of imidazole rings is 1. The maximum absolute atomic E-state index is 5.77. The lowest BCUT2D eigenvalue weighted by atomic mass is 10.1. The first-order valence-electron chi connectivity index (χ1n) is 9.08. The average molecular weight is 339 g/mol. The number of aryl methyl sites for hydroxylation is 1. The van der Waals surface area contributed by atoms with E-state index in [2.05, 4.69) is 26.7 Å². The van der Waals surface area contributed by atoms with Gasteiger partial charge in [-0.3, -0.25) is 4.57 Å². The number of nitrogens with zero attached hydrogens (tertiary/aromatic N) is 4. The summed E-state index contributed by atoms with van der Waals surface area (Å²) >= 11 is 0. The number of anilines is 1. The largest absolute Gasteiger partial charge is 0.464 e. The molecule has 0 unspecified atom stereocenters. The first-order valence-corrected chi connectivity index (χ1v) is 9.08. The molecule has 3 aromatic rings. The van der Waals surface area contributed by atoms with Gasteiger partial charge in [0.2, 0.25) is 5.95 Å². The number of furan rings is 1. The van der Waals surface area contributed by atoms with Crippen molar-refractivity contribution in [2.45, 2.75) is 39.3 Å². The van der Waals surface area contributed by atoms with E-state index in [0.29, 0.717) is 12.6 Å². The van der Waals surface area contributed by atoms with E-state index in [1.165, 1.54) is 0 Å². The molecule has 1 aliphatic rings. The van der Waals surface area contributed by atoms with Crippen LogP contribution in [-0.2, 0) is 6.54 Å². The summed E-state index contributed by atoms with van der Waals surface area (Å²) in [5.74, 6) is 2.73. The quantitative estimate of drug-likeness (QED) is 0.773. The molecule has 0 bridgehead atoms. The molecule has 0 amide bonds. The smallest absolute Gasteiger partial charge is 0.205 e. The van der Waals surface area contributed by atoms with E-state index in [1.54, 1.807) is 0 Å². The van der Waals surface area contributed by atoms with E-state index in [4.69, 9.17) is 9.40 Å². The minimum atomic E-state index is 0.455. The van der Waals surface area contributed by atoms with Gasteiger partial charge in [0.15, 0.2) is 5.65 Å². The molecule has 6 nitrogen and oxygen atoms in total. The lowest BCUT2D eigenvalue weighted by Crippen LogP contribution is -2.39. The van der Waals surface area contributed by atoms with Gasteiger partial charge in [0.1, 0.15) is 17.0 Å². The molecular weight excluding hydrogens is 314 g/mol. The Labute approximate surface area is 147 Å². The third-order valence-corrected chi connectivity index (χ3v) is 4.98. The standard InChI is InChI=1S/C19H25N5O/c1-3-23-11-8-15(9-12-23)21-19-22-17-5-4-10-20-18(17)24(19)13-16-7-6-14(2)25-16/h4-7,10,15H,3,8-9,11-13H2,1-2H3,(H,21,22). The highest BCUT2D eigenvalue weighted by atomic mass is 16.3. The maximum atomic E-state index is 5.77.